The molecule has 1 rings (SSSR count). The Labute approximate surface area is 74.0 Å². The fraction of sp³-hybridized carbons (Fsp3) is 1.00. The molecule has 6 nitrogen and oxygen atoms in total. The van der Waals surface area contributed by atoms with Gasteiger partial charge in [-0.25, -0.2) is 4.39 Å². The highest BCUT2D eigenvalue weighted by atomic mass is 19.1. The van der Waals surface area contributed by atoms with Gasteiger partial charge in [-0.3, -0.25) is 0 Å². The molecule has 1 aliphatic carbocycles. The molecule has 0 spiro atoms. The van der Waals surface area contributed by atoms with Crippen molar-refractivity contribution in [1.29, 1.82) is 0 Å². The van der Waals surface area contributed by atoms with Crippen LogP contribution >= 0.6 is 0 Å². The van der Waals surface area contributed by atoms with Gasteiger partial charge in [0.15, 0.2) is 0 Å². The highest BCUT2D eigenvalue weighted by molar-refractivity contribution is 4.90. The summed E-state index contributed by atoms with van der Waals surface area (Å²) in [4.78, 5) is 5.24. The van der Waals surface area contributed by atoms with Crippen molar-refractivity contribution in [2.24, 2.45) is 10.2 Å². The third-order valence-corrected chi connectivity index (χ3v) is 2.12. The largest absolute Gasteiger partial charge is 0.247 e. The quantitative estimate of drug-likeness (QED) is 0.358. The normalized spacial score (nSPS) is 32.8. The fourth-order valence-electron chi connectivity index (χ4n) is 1.47. The van der Waals surface area contributed by atoms with E-state index in [2.05, 4.69) is 20.1 Å². The van der Waals surface area contributed by atoms with Crippen LogP contribution < -0.4 is 0 Å². The molecule has 1 saturated carbocycles. The summed E-state index contributed by atoms with van der Waals surface area (Å²) in [6.45, 7) is 0. The van der Waals surface area contributed by atoms with Crippen LogP contribution in [-0.4, -0.2) is 18.3 Å². The summed E-state index contributed by atoms with van der Waals surface area (Å²) in [7, 11) is 0. The smallest absolute Gasteiger partial charge is 0.101 e. The first-order chi connectivity index (χ1) is 6.27. The zero-order chi connectivity index (χ0) is 9.68. The predicted octanol–water partition coefficient (Wildman–Crippen LogP) is 2.87. The minimum Gasteiger partial charge on any atom is -0.247 e. The minimum absolute atomic E-state index is 0.160. The third kappa shape index (κ3) is 2.50. The zero-order valence-corrected chi connectivity index (χ0v) is 6.91. The summed E-state index contributed by atoms with van der Waals surface area (Å²) in [5, 5.41) is 6.88. The Morgan fingerprint density at radius 1 is 1.08 bits per heavy atom. The van der Waals surface area contributed by atoms with Crippen molar-refractivity contribution >= 4 is 0 Å². The number of hydrogen-bond acceptors (Lipinski definition) is 2. The van der Waals surface area contributed by atoms with Gasteiger partial charge in [0, 0.05) is 21.9 Å². The van der Waals surface area contributed by atoms with Gasteiger partial charge in [0.1, 0.15) is 6.17 Å². The Morgan fingerprint density at radius 3 is 2.31 bits per heavy atom. The summed E-state index contributed by atoms with van der Waals surface area (Å²) >= 11 is 0. The Balaban J connectivity index is 2.70. The van der Waals surface area contributed by atoms with Crippen LogP contribution in [0.5, 0.6) is 0 Å². The van der Waals surface area contributed by atoms with E-state index in [9.17, 15) is 4.39 Å². The molecule has 1 aliphatic rings. The van der Waals surface area contributed by atoms with Crippen LogP contribution in [0.3, 0.4) is 0 Å². The highest BCUT2D eigenvalue weighted by Gasteiger charge is 2.28. The number of halogens is 1. The predicted molar refractivity (Wildman–Crippen MR) is 44.6 cm³/mol. The van der Waals surface area contributed by atoms with Gasteiger partial charge in [0.05, 0.1) is 0 Å². The molecule has 0 amide bonds. The van der Waals surface area contributed by atoms with Gasteiger partial charge in [-0.2, -0.15) is 0 Å². The second kappa shape index (κ2) is 4.54. The standard InChI is InChI=1S/C6H9FN6/c7-4-1-2-5(10-12-8)6(3-4)11-13-9/h4-6H,1-3H2. The van der Waals surface area contributed by atoms with Gasteiger partial charge < -0.3 is 0 Å². The van der Waals surface area contributed by atoms with Crippen LogP contribution in [0.2, 0.25) is 0 Å². The van der Waals surface area contributed by atoms with E-state index < -0.39 is 12.2 Å². The average Bonchev–Trinajstić information content (AvgIpc) is 2.10. The molecule has 0 saturated heterocycles. The van der Waals surface area contributed by atoms with Crippen molar-refractivity contribution in [2.45, 2.75) is 37.5 Å². The second-order valence-electron chi connectivity index (χ2n) is 2.95. The molecule has 0 heterocycles. The van der Waals surface area contributed by atoms with Gasteiger partial charge in [-0.1, -0.05) is 10.2 Å². The van der Waals surface area contributed by atoms with Crippen molar-refractivity contribution in [1.82, 2.24) is 0 Å². The van der Waals surface area contributed by atoms with Crippen molar-refractivity contribution in [2.75, 3.05) is 0 Å². The van der Waals surface area contributed by atoms with E-state index in [1.54, 1.807) is 0 Å². The number of rotatable bonds is 2. The molecular weight excluding hydrogens is 175 g/mol. The van der Waals surface area contributed by atoms with E-state index >= 15 is 0 Å². The molecule has 0 aromatic rings. The van der Waals surface area contributed by atoms with E-state index in [0.29, 0.717) is 12.8 Å². The maximum atomic E-state index is 12.9. The van der Waals surface area contributed by atoms with Crippen LogP contribution in [0.15, 0.2) is 10.2 Å². The molecule has 13 heavy (non-hydrogen) atoms. The lowest BCUT2D eigenvalue weighted by Crippen LogP contribution is -2.31. The molecule has 3 unspecified atom stereocenters. The number of nitrogens with zero attached hydrogens (tertiary/aromatic N) is 6. The SMILES string of the molecule is [N-]=[N+]=NC1CCC(F)CC1N=[N+]=[N-]. The van der Waals surface area contributed by atoms with Crippen molar-refractivity contribution in [3.63, 3.8) is 0 Å². The molecule has 70 valence electrons. The summed E-state index contributed by atoms with van der Waals surface area (Å²) in [6, 6.07) is -0.905. The molecule has 7 heteroatoms. The Hall–Kier alpha value is -1.45. The Morgan fingerprint density at radius 2 is 1.69 bits per heavy atom. The van der Waals surface area contributed by atoms with Crippen LogP contribution in [0.25, 0.3) is 20.9 Å². The molecular formula is C6H9FN6. The van der Waals surface area contributed by atoms with Crippen molar-refractivity contribution in [3.05, 3.63) is 20.9 Å². The van der Waals surface area contributed by atoms with E-state index in [1.807, 2.05) is 0 Å². The highest BCUT2D eigenvalue weighted by Crippen LogP contribution is 2.26. The second-order valence-corrected chi connectivity index (χ2v) is 2.95. The summed E-state index contributed by atoms with van der Waals surface area (Å²) in [5.41, 5.74) is 16.4. The molecule has 0 bridgehead atoms. The van der Waals surface area contributed by atoms with Gasteiger partial charge in [0.2, 0.25) is 0 Å². The lowest BCUT2D eigenvalue weighted by molar-refractivity contribution is 0.215. The van der Waals surface area contributed by atoms with Crippen molar-refractivity contribution < 1.29 is 4.39 Å². The van der Waals surface area contributed by atoms with Crippen molar-refractivity contribution in [3.8, 4) is 0 Å². The van der Waals surface area contributed by atoms with Gasteiger partial charge >= 0.3 is 0 Å². The Kier molecular flexibility index (Phi) is 3.37. The minimum atomic E-state index is -0.944. The van der Waals surface area contributed by atoms with E-state index in [1.165, 1.54) is 0 Å². The van der Waals surface area contributed by atoms with E-state index in [4.69, 9.17) is 11.1 Å². The molecule has 0 aliphatic heterocycles. The van der Waals surface area contributed by atoms with Crippen LogP contribution in [0, 0.1) is 0 Å². The number of azide groups is 2. The van der Waals surface area contributed by atoms with Gasteiger partial charge in [-0.05, 0) is 30.3 Å². The van der Waals surface area contributed by atoms with Crippen LogP contribution in [0.1, 0.15) is 19.3 Å². The van der Waals surface area contributed by atoms with Crippen LogP contribution in [0.4, 0.5) is 4.39 Å². The maximum absolute atomic E-state index is 12.9. The van der Waals surface area contributed by atoms with Gasteiger partial charge in [-0.15, -0.1) is 0 Å². The fourth-order valence-corrected chi connectivity index (χ4v) is 1.47. The maximum Gasteiger partial charge on any atom is 0.101 e. The lowest BCUT2D eigenvalue weighted by Gasteiger charge is -2.26. The average molecular weight is 184 g/mol. The molecule has 3 atom stereocenters. The van der Waals surface area contributed by atoms with E-state index in [0.717, 1.165) is 0 Å². The summed E-state index contributed by atoms with van der Waals surface area (Å²) in [5.74, 6) is 0. The molecule has 0 N–H and O–H groups in total. The zero-order valence-electron chi connectivity index (χ0n) is 6.91. The van der Waals surface area contributed by atoms with Crippen LogP contribution in [-0.2, 0) is 0 Å². The molecule has 1 fully saturated rings. The number of hydrogen-bond donors (Lipinski definition) is 0. The first-order valence-electron chi connectivity index (χ1n) is 4.00. The first kappa shape index (κ1) is 9.64. The first-order valence-corrected chi connectivity index (χ1v) is 4.00. The monoisotopic (exact) mass is 184 g/mol. The third-order valence-electron chi connectivity index (χ3n) is 2.12. The summed E-state index contributed by atoms with van der Waals surface area (Å²) in [6.07, 6.45) is 0.0460. The molecule has 0 radical (unpaired) electrons. The number of alkyl halides is 1. The summed E-state index contributed by atoms with van der Waals surface area (Å²) < 4.78 is 12.9. The Bertz CT molecular complexity index is 266. The van der Waals surface area contributed by atoms with E-state index in [-0.39, 0.29) is 12.5 Å². The molecule has 0 aromatic heterocycles. The topological polar surface area (TPSA) is 97.5 Å². The lowest BCUT2D eigenvalue weighted by atomic mass is 9.90. The molecule has 0 aromatic carbocycles. The van der Waals surface area contributed by atoms with Gasteiger partial charge in [0.25, 0.3) is 0 Å².